The van der Waals surface area contributed by atoms with Gasteiger partial charge in [0.05, 0.1) is 24.9 Å². The van der Waals surface area contributed by atoms with E-state index in [-0.39, 0.29) is 0 Å². The van der Waals surface area contributed by atoms with E-state index in [1.165, 1.54) is 16.5 Å². The van der Waals surface area contributed by atoms with Crippen molar-refractivity contribution in [3.8, 4) is 11.5 Å². The fraction of sp³-hybridized carbons (Fsp3) is 0.333. The zero-order valence-electron chi connectivity index (χ0n) is 15.7. The van der Waals surface area contributed by atoms with E-state index in [0.29, 0.717) is 10.8 Å². The molecule has 3 aromatic rings. The van der Waals surface area contributed by atoms with Gasteiger partial charge in [0.2, 0.25) is 0 Å². The maximum Gasteiger partial charge on any atom is 0.143 e. The number of nitrogens with zero attached hydrogens (tertiary/aromatic N) is 2. The van der Waals surface area contributed by atoms with Gasteiger partial charge in [0.25, 0.3) is 0 Å². The normalized spacial score (nSPS) is 15.3. The van der Waals surface area contributed by atoms with E-state index in [9.17, 15) is 0 Å². The summed E-state index contributed by atoms with van der Waals surface area (Å²) in [6.45, 7) is 4.81. The molecule has 1 aromatic heterocycles. The highest BCUT2D eigenvalue weighted by Crippen LogP contribution is 2.38. The Morgan fingerprint density at radius 1 is 1.00 bits per heavy atom. The second-order valence-corrected chi connectivity index (χ2v) is 7.19. The summed E-state index contributed by atoms with van der Waals surface area (Å²) < 4.78 is 10.9. The van der Waals surface area contributed by atoms with Gasteiger partial charge < -0.3 is 19.4 Å². The van der Waals surface area contributed by atoms with Crippen LogP contribution in [0.2, 0.25) is 5.02 Å². The second kappa shape index (κ2) is 7.71. The Hall–Kier alpha value is -2.37. The van der Waals surface area contributed by atoms with Gasteiger partial charge in [-0.15, -0.1) is 0 Å². The lowest BCUT2D eigenvalue weighted by molar-refractivity contribution is 0.250. The van der Waals surface area contributed by atoms with Crippen molar-refractivity contribution in [2.75, 3.05) is 45.3 Å². The van der Waals surface area contributed by atoms with Gasteiger partial charge in [-0.1, -0.05) is 29.8 Å². The van der Waals surface area contributed by atoms with E-state index in [0.717, 1.165) is 44.2 Å². The number of hydrogen-bond donors (Lipinski definition) is 1. The average molecular weight is 386 g/mol. The number of methoxy groups -OCH3 is 2. The van der Waals surface area contributed by atoms with Crippen molar-refractivity contribution in [1.82, 2.24) is 9.88 Å². The molecule has 1 aliphatic rings. The van der Waals surface area contributed by atoms with Crippen LogP contribution in [0.15, 0.2) is 42.6 Å². The molecule has 0 aliphatic carbocycles. The van der Waals surface area contributed by atoms with Crippen LogP contribution in [0.1, 0.15) is 5.56 Å². The molecule has 142 valence electrons. The molecule has 2 heterocycles. The predicted octanol–water partition coefficient (Wildman–Crippen LogP) is 4.16. The number of H-pyrrole nitrogens is 1. The van der Waals surface area contributed by atoms with Gasteiger partial charge in [-0.3, -0.25) is 4.90 Å². The Bertz CT molecular complexity index is 932. The van der Waals surface area contributed by atoms with Crippen LogP contribution >= 0.6 is 11.6 Å². The summed E-state index contributed by atoms with van der Waals surface area (Å²) in [5, 5.41) is 1.88. The molecule has 0 atom stereocenters. The third-order valence-corrected chi connectivity index (χ3v) is 5.53. The highest BCUT2D eigenvalue weighted by atomic mass is 35.5. The molecular formula is C21H24ClN3O2. The number of nitrogens with one attached hydrogen (secondary N) is 1. The molecular weight excluding hydrogens is 362 g/mol. The first kappa shape index (κ1) is 18.0. The minimum Gasteiger partial charge on any atom is -0.495 e. The van der Waals surface area contributed by atoms with E-state index < -0.39 is 0 Å². The Morgan fingerprint density at radius 3 is 2.48 bits per heavy atom. The molecule has 1 N–H and O–H groups in total. The molecule has 6 heteroatoms. The van der Waals surface area contributed by atoms with Crippen molar-refractivity contribution in [3.63, 3.8) is 0 Å². The number of para-hydroxylation sites is 1. The van der Waals surface area contributed by atoms with Crippen LogP contribution in [0.3, 0.4) is 0 Å². The number of hydrogen-bond acceptors (Lipinski definition) is 4. The molecule has 27 heavy (non-hydrogen) atoms. The minimum absolute atomic E-state index is 0.566. The van der Waals surface area contributed by atoms with E-state index in [1.54, 1.807) is 14.2 Å². The quantitative estimate of drug-likeness (QED) is 0.716. The van der Waals surface area contributed by atoms with Crippen molar-refractivity contribution < 1.29 is 9.47 Å². The first-order valence-electron chi connectivity index (χ1n) is 9.13. The topological polar surface area (TPSA) is 40.7 Å². The monoisotopic (exact) mass is 385 g/mol. The van der Waals surface area contributed by atoms with Gasteiger partial charge in [-0.2, -0.15) is 0 Å². The molecule has 0 radical (unpaired) electrons. The Kier molecular flexibility index (Phi) is 5.14. The summed E-state index contributed by atoms with van der Waals surface area (Å²) in [4.78, 5) is 8.19. The van der Waals surface area contributed by atoms with E-state index >= 15 is 0 Å². The third kappa shape index (κ3) is 3.57. The van der Waals surface area contributed by atoms with Crippen LogP contribution in [-0.2, 0) is 6.54 Å². The molecule has 0 saturated carbocycles. The fourth-order valence-electron chi connectivity index (χ4n) is 3.74. The van der Waals surface area contributed by atoms with Crippen LogP contribution in [-0.4, -0.2) is 50.3 Å². The average Bonchev–Trinajstić information content (AvgIpc) is 3.11. The molecule has 0 unspecified atom stereocenters. The lowest BCUT2D eigenvalue weighted by atomic mass is 10.1. The number of aromatic nitrogens is 1. The van der Waals surface area contributed by atoms with Crippen molar-refractivity contribution in [1.29, 1.82) is 0 Å². The number of rotatable bonds is 5. The number of halogens is 1. The van der Waals surface area contributed by atoms with Gasteiger partial charge in [0.15, 0.2) is 0 Å². The van der Waals surface area contributed by atoms with Crippen LogP contribution in [0.4, 0.5) is 5.69 Å². The van der Waals surface area contributed by atoms with E-state index in [4.69, 9.17) is 21.1 Å². The SMILES string of the molecule is COc1cc(N2CCN(Cc3c[nH]c4ccccc34)CC2)c(OC)cc1Cl. The number of fused-ring (bicyclic) bond motifs is 1. The first-order chi connectivity index (χ1) is 13.2. The predicted molar refractivity (Wildman–Crippen MR) is 110 cm³/mol. The van der Waals surface area contributed by atoms with Gasteiger partial charge in [0.1, 0.15) is 11.5 Å². The molecule has 0 amide bonds. The van der Waals surface area contributed by atoms with Gasteiger partial charge in [-0.25, -0.2) is 0 Å². The number of aromatic amines is 1. The van der Waals surface area contributed by atoms with Gasteiger partial charge in [0, 0.05) is 62.0 Å². The standard InChI is InChI=1S/C21H24ClN3O2/c1-26-20-12-19(21(27-2)11-17(20)22)25-9-7-24(8-10-25)14-15-13-23-18-6-4-3-5-16(15)18/h3-6,11-13,23H,7-10,14H2,1-2H3. The summed E-state index contributed by atoms with van der Waals surface area (Å²) in [5.74, 6) is 1.46. The van der Waals surface area contributed by atoms with Crippen molar-refractivity contribution in [2.24, 2.45) is 0 Å². The zero-order chi connectivity index (χ0) is 18.8. The number of anilines is 1. The summed E-state index contributed by atoms with van der Waals surface area (Å²) in [6, 6.07) is 12.3. The maximum atomic E-state index is 6.23. The van der Waals surface area contributed by atoms with Crippen LogP contribution in [0, 0.1) is 0 Å². The van der Waals surface area contributed by atoms with Crippen molar-refractivity contribution in [3.05, 3.63) is 53.2 Å². The number of benzene rings is 2. The lowest BCUT2D eigenvalue weighted by Crippen LogP contribution is -2.46. The van der Waals surface area contributed by atoms with Gasteiger partial charge >= 0.3 is 0 Å². The van der Waals surface area contributed by atoms with Crippen molar-refractivity contribution in [2.45, 2.75) is 6.54 Å². The minimum atomic E-state index is 0.566. The first-order valence-corrected chi connectivity index (χ1v) is 9.51. The van der Waals surface area contributed by atoms with E-state index in [2.05, 4.69) is 45.2 Å². The second-order valence-electron chi connectivity index (χ2n) is 6.78. The highest BCUT2D eigenvalue weighted by Gasteiger charge is 2.22. The van der Waals surface area contributed by atoms with Crippen LogP contribution < -0.4 is 14.4 Å². The lowest BCUT2D eigenvalue weighted by Gasteiger charge is -2.36. The summed E-state index contributed by atoms with van der Waals surface area (Å²) in [7, 11) is 3.31. The molecule has 2 aromatic carbocycles. The number of ether oxygens (including phenoxy) is 2. The van der Waals surface area contributed by atoms with E-state index in [1.807, 2.05) is 12.1 Å². The smallest absolute Gasteiger partial charge is 0.143 e. The van der Waals surface area contributed by atoms with Crippen molar-refractivity contribution >= 4 is 28.2 Å². The summed E-state index contributed by atoms with van der Waals surface area (Å²) in [5.41, 5.74) is 3.58. The summed E-state index contributed by atoms with van der Waals surface area (Å²) >= 11 is 6.23. The largest absolute Gasteiger partial charge is 0.495 e. The van der Waals surface area contributed by atoms with Crippen LogP contribution in [0.25, 0.3) is 10.9 Å². The number of piperazine rings is 1. The highest BCUT2D eigenvalue weighted by molar-refractivity contribution is 6.32. The fourth-order valence-corrected chi connectivity index (χ4v) is 3.97. The molecule has 1 aliphatic heterocycles. The Morgan fingerprint density at radius 2 is 1.74 bits per heavy atom. The molecule has 0 bridgehead atoms. The Balaban J connectivity index is 1.46. The molecule has 5 nitrogen and oxygen atoms in total. The van der Waals surface area contributed by atoms with Crippen LogP contribution in [0.5, 0.6) is 11.5 Å². The zero-order valence-corrected chi connectivity index (χ0v) is 16.4. The molecule has 1 saturated heterocycles. The maximum absolute atomic E-state index is 6.23. The third-order valence-electron chi connectivity index (χ3n) is 5.24. The summed E-state index contributed by atoms with van der Waals surface area (Å²) in [6.07, 6.45) is 2.13. The van der Waals surface area contributed by atoms with Gasteiger partial charge in [-0.05, 0) is 11.6 Å². The molecule has 0 spiro atoms. The molecule has 4 rings (SSSR count). The molecule has 1 fully saturated rings. The Labute approximate surface area is 164 Å².